The van der Waals surface area contributed by atoms with Crippen molar-refractivity contribution in [2.75, 3.05) is 0 Å². The minimum absolute atomic E-state index is 0.0607. The lowest BCUT2D eigenvalue weighted by molar-refractivity contribution is 0.0486. The summed E-state index contributed by atoms with van der Waals surface area (Å²) in [6, 6.07) is 1.18. The molecular formula is C13H16O4. The van der Waals surface area contributed by atoms with Crippen molar-refractivity contribution in [3.63, 3.8) is 0 Å². The van der Waals surface area contributed by atoms with E-state index in [0.717, 1.165) is 0 Å². The molecule has 2 rings (SSSR count). The summed E-state index contributed by atoms with van der Waals surface area (Å²) < 4.78 is 5.79. The Morgan fingerprint density at radius 3 is 2.65 bits per heavy atom. The maximum absolute atomic E-state index is 12.0. The summed E-state index contributed by atoms with van der Waals surface area (Å²) >= 11 is 0. The fourth-order valence-corrected chi connectivity index (χ4v) is 2.03. The fraction of sp³-hybridized carbons (Fsp3) is 0.462. The summed E-state index contributed by atoms with van der Waals surface area (Å²) in [6.45, 7) is 5.47. The summed E-state index contributed by atoms with van der Waals surface area (Å²) in [5, 5.41) is 19.3. The zero-order chi connectivity index (χ0) is 12.8. The third kappa shape index (κ3) is 1.73. The minimum Gasteiger partial charge on any atom is -0.507 e. The van der Waals surface area contributed by atoms with Crippen LogP contribution in [0, 0.1) is 6.92 Å². The number of Topliss-reactive ketones (excluding diaryl/α,β-unsaturated/α-hetero) is 1. The van der Waals surface area contributed by atoms with E-state index in [1.807, 2.05) is 13.8 Å². The molecule has 1 aromatic carbocycles. The van der Waals surface area contributed by atoms with Crippen molar-refractivity contribution >= 4 is 5.78 Å². The molecule has 0 saturated heterocycles. The Balaban J connectivity index is 2.65. The molecule has 0 amide bonds. The van der Waals surface area contributed by atoms with Crippen LogP contribution in [0.5, 0.6) is 17.2 Å². The summed E-state index contributed by atoms with van der Waals surface area (Å²) in [7, 11) is 0. The van der Waals surface area contributed by atoms with Crippen LogP contribution in [-0.2, 0) is 0 Å². The predicted octanol–water partition coefficient (Wildman–Crippen LogP) is 2.54. The van der Waals surface area contributed by atoms with E-state index in [0.29, 0.717) is 17.7 Å². The highest BCUT2D eigenvalue weighted by molar-refractivity contribution is 6.03. The average Bonchev–Trinajstić information content (AvgIpc) is 2.25. The average molecular weight is 236 g/mol. The summed E-state index contributed by atoms with van der Waals surface area (Å²) in [6.07, 6.45) is 0.933. The Kier molecular flexibility index (Phi) is 2.53. The van der Waals surface area contributed by atoms with Crippen molar-refractivity contribution in [3.05, 3.63) is 17.2 Å². The van der Waals surface area contributed by atoms with E-state index in [2.05, 4.69) is 0 Å². The Labute approximate surface area is 99.8 Å². The Morgan fingerprint density at radius 1 is 1.41 bits per heavy atom. The van der Waals surface area contributed by atoms with Gasteiger partial charge in [0, 0.05) is 11.6 Å². The second kappa shape index (κ2) is 3.65. The number of phenols is 2. The number of rotatable bonds is 1. The molecule has 0 aromatic heterocycles. The SMILES string of the molecule is CCC1(C)CC(=O)c2c(O)cc(O)c(C)c2O1. The number of benzene rings is 1. The second-order valence-electron chi connectivity index (χ2n) is 4.75. The topological polar surface area (TPSA) is 66.8 Å². The normalized spacial score (nSPS) is 23.1. The fourth-order valence-electron chi connectivity index (χ4n) is 2.03. The molecule has 4 nitrogen and oxygen atoms in total. The van der Waals surface area contributed by atoms with Crippen molar-refractivity contribution in [1.82, 2.24) is 0 Å². The molecule has 92 valence electrons. The van der Waals surface area contributed by atoms with E-state index >= 15 is 0 Å². The monoisotopic (exact) mass is 236 g/mol. The van der Waals surface area contributed by atoms with Crippen LogP contribution in [0.1, 0.15) is 42.6 Å². The van der Waals surface area contributed by atoms with Crippen LogP contribution in [0.2, 0.25) is 0 Å². The number of ketones is 1. The standard InChI is InChI=1S/C13H16O4/c1-4-13(3)6-10(16)11-9(15)5-8(14)7(2)12(11)17-13/h5,14-15H,4,6H2,1-3H3. The highest BCUT2D eigenvalue weighted by Crippen LogP contribution is 2.44. The van der Waals surface area contributed by atoms with Gasteiger partial charge in [0.05, 0.1) is 6.42 Å². The molecule has 0 radical (unpaired) electrons. The van der Waals surface area contributed by atoms with E-state index in [-0.39, 0.29) is 29.3 Å². The Hall–Kier alpha value is -1.71. The van der Waals surface area contributed by atoms with E-state index in [9.17, 15) is 15.0 Å². The molecule has 1 unspecified atom stereocenters. The van der Waals surface area contributed by atoms with Gasteiger partial charge in [0.25, 0.3) is 0 Å². The third-order valence-electron chi connectivity index (χ3n) is 3.39. The number of carbonyl (C=O) groups is 1. The molecule has 0 bridgehead atoms. The minimum atomic E-state index is -0.560. The summed E-state index contributed by atoms with van der Waals surface area (Å²) in [5.74, 6) is -0.111. The van der Waals surface area contributed by atoms with Crippen molar-refractivity contribution in [2.45, 2.75) is 39.2 Å². The third-order valence-corrected chi connectivity index (χ3v) is 3.39. The van der Waals surface area contributed by atoms with Crippen molar-refractivity contribution < 1.29 is 19.7 Å². The first-order valence-corrected chi connectivity index (χ1v) is 5.65. The van der Waals surface area contributed by atoms with Crippen LogP contribution < -0.4 is 4.74 Å². The van der Waals surface area contributed by atoms with Crippen LogP contribution >= 0.6 is 0 Å². The lowest BCUT2D eigenvalue weighted by atomic mass is 9.88. The van der Waals surface area contributed by atoms with Crippen LogP contribution in [0.3, 0.4) is 0 Å². The van der Waals surface area contributed by atoms with E-state index in [4.69, 9.17) is 4.74 Å². The molecule has 17 heavy (non-hydrogen) atoms. The zero-order valence-corrected chi connectivity index (χ0v) is 10.2. The van der Waals surface area contributed by atoms with Gasteiger partial charge in [0.2, 0.25) is 0 Å². The number of ether oxygens (including phenoxy) is 1. The van der Waals surface area contributed by atoms with E-state index in [1.165, 1.54) is 6.07 Å². The number of phenolic OH excluding ortho intramolecular Hbond substituents is 2. The number of hydrogen-bond donors (Lipinski definition) is 2. The molecule has 1 aliphatic heterocycles. The van der Waals surface area contributed by atoms with Crippen LogP contribution in [0.25, 0.3) is 0 Å². The van der Waals surface area contributed by atoms with Gasteiger partial charge in [0.1, 0.15) is 28.4 Å². The van der Waals surface area contributed by atoms with Crippen molar-refractivity contribution in [3.8, 4) is 17.2 Å². The second-order valence-corrected chi connectivity index (χ2v) is 4.75. The van der Waals surface area contributed by atoms with E-state index < -0.39 is 5.60 Å². The van der Waals surface area contributed by atoms with Gasteiger partial charge < -0.3 is 14.9 Å². The number of carbonyl (C=O) groups excluding carboxylic acids is 1. The maximum Gasteiger partial charge on any atom is 0.174 e. The molecule has 1 atom stereocenters. The predicted molar refractivity (Wildman–Crippen MR) is 62.8 cm³/mol. The molecule has 1 heterocycles. The summed E-state index contributed by atoms with van der Waals surface area (Å²) in [4.78, 5) is 12.0. The number of hydrogen-bond acceptors (Lipinski definition) is 4. The lowest BCUT2D eigenvalue weighted by Gasteiger charge is -2.35. The van der Waals surface area contributed by atoms with Crippen molar-refractivity contribution in [1.29, 1.82) is 0 Å². The quantitative estimate of drug-likeness (QED) is 0.786. The molecule has 0 fully saturated rings. The molecule has 2 N–H and O–H groups in total. The largest absolute Gasteiger partial charge is 0.507 e. The van der Waals surface area contributed by atoms with Crippen molar-refractivity contribution in [2.24, 2.45) is 0 Å². The number of aromatic hydroxyl groups is 2. The Bertz CT molecular complexity index is 493. The van der Waals surface area contributed by atoms with Crippen LogP contribution in [0.4, 0.5) is 0 Å². The molecule has 4 heteroatoms. The number of fused-ring (bicyclic) bond motifs is 1. The highest BCUT2D eigenvalue weighted by Gasteiger charge is 2.38. The zero-order valence-electron chi connectivity index (χ0n) is 10.2. The van der Waals surface area contributed by atoms with Gasteiger partial charge in [-0.05, 0) is 20.3 Å². The maximum atomic E-state index is 12.0. The van der Waals surface area contributed by atoms with Gasteiger partial charge in [-0.3, -0.25) is 4.79 Å². The molecule has 1 aromatic rings. The lowest BCUT2D eigenvalue weighted by Crippen LogP contribution is -2.38. The first-order chi connectivity index (χ1) is 7.88. The first-order valence-electron chi connectivity index (χ1n) is 5.65. The summed E-state index contributed by atoms with van der Waals surface area (Å²) in [5.41, 5.74) is 0.117. The van der Waals surface area contributed by atoms with Gasteiger partial charge in [-0.2, -0.15) is 0 Å². The molecule has 0 saturated carbocycles. The highest BCUT2D eigenvalue weighted by atomic mass is 16.5. The van der Waals surface area contributed by atoms with Gasteiger partial charge in [-0.25, -0.2) is 0 Å². The van der Waals surface area contributed by atoms with Gasteiger partial charge >= 0.3 is 0 Å². The van der Waals surface area contributed by atoms with E-state index in [1.54, 1.807) is 6.92 Å². The molecule has 0 spiro atoms. The molecule has 0 aliphatic carbocycles. The van der Waals surface area contributed by atoms with Gasteiger partial charge in [0.15, 0.2) is 5.78 Å². The Morgan fingerprint density at radius 2 is 2.06 bits per heavy atom. The van der Waals surface area contributed by atoms with Crippen LogP contribution in [-0.4, -0.2) is 21.6 Å². The first kappa shape index (κ1) is 11.8. The van der Waals surface area contributed by atoms with Gasteiger partial charge in [-0.1, -0.05) is 6.92 Å². The van der Waals surface area contributed by atoms with Gasteiger partial charge in [-0.15, -0.1) is 0 Å². The smallest absolute Gasteiger partial charge is 0.174 e. The van der Waals surface area contributed by atoms with Crippen LogP contribution in [0.15, 0.2) is 6.07 Å². The molecular weight excluding hydrogens is 220 g/mol. The molecule has 1 aliphatic rings.